The third kappa shape index (κ3) is 3.41. The number of amides is 2. The van der Waals surface area contributed by atoms with Gasteiger partial charge < -0.3 is 28.7 Å². The van der Waals surface area contributed by atoms with Crippen LogP contribution in [-0.4, -0.2) is 80.1 Å². The molecule has 192 valence electrons. The van der Waals surface area contributed by atoms with Gasteiger partial charge in [0.1, 0.15) is 12.2 Å². The maximum atomic E-state index is 14.6. The highest BCUT2D eigenvalue weighted by molar-refractivity contribution is 8.01. The molecule has 2 amide bonds. The predicted octanol–water partition coefficient (Wildman–Crippen LogP) is 2.04. The number of fused-ring (bicyclic) bond motifs is 6. The van der Waals surface area contributed by atoms with Gasteiger partial charge in [-0.3, -0.25) is 19.2 Å². The molecule has 12 heteroatoms. The summed E-state index contributed by atoms with van der Waals surface area (Å²) in [6, 6.07) is -1.41. The van der Waals surface area contributed by atoms with Crippen LogP contribution in [0, 0.1) is 0 Å². The zero-order valence-corrected chi connectivity index (χ0v) is 21.8. The van der Waals surface area contributed by atoms with Gasteiger partial charge in [0.2, 0.25) is 0 Å². The van der Waals surface area contributed by atoms with Crippen molar-refractivity contribution in [3.05, 3.63) is 48.3 Å². The monoisotopic (exact) mass is 534 g/mol. The second kappa shape index (κ2) is 8.91. The number of thioether (sulfide) groups is 2. The Balaban J connectivity index is 1.67. The van der Waals surface area contributed by atoms with Gasteiger partial charge >= 0.3 is 11.9 Å². The van der Waals surface area contributed by atoms with E-state index in [0.717, 1.165) is 0 Å². The molecule has 3 saturated heterocycles. The summed E-state index contributed by atoms with van der Waals surface area (Å²) in [4.78, 5) is 53.6. The normalized spacial score (nSPS) is 36.2. The summed E-state index contributed by atoms with van der Waals surface area (Å²) in [6.45, 7) is 2.60. The van der Waals surface area contributed by atoms with Crippen LogP contribution in [0.2, 0.25) is 0 Å². The van der Waals surface area contributed by atoms with E-state index in [-0.39, 0.29) is 24.7 Å². The van der Waals surface area contributed by atoms with Crippen LogP contribution in [0.25, 0.3) is 0 Å². The number of carbonyl (C=O) groups is 4. The Bertz CT molecular complexity index is 1060. The lowest BCUT2D eigenvalue weighted by atomic mass is 10.0. The molecule has 0 saturated carbocycles. The molecule has 6 atom stereocenters. The Hall–Kier alpha value is -2.86. The summed E-state index contributed by atoms with van der Waals surface area (Å²) < 4.78 is 22.1. The molecule has 5 aliphatic rings. The lowest BCUT2D eigenvalue weighted by Gasteiger charge is -2.54. The average Bonchev–Trinajstić information content (AvgIpc) is 3.21. The Morgan fingerprint density at radius 2 is 1.22 bits per heavy atom. The summed E-state index contributed by atoms with van der Waals surface area (Å²) in [7, 11) is 0. The Morgan fingerprint density at radius 3 is 1.56 bits per heavy atom. The van der Waals surface area contributed by atoms with Gasteiger partial charge in [-0.25, -0.2) is 0 Å². The van der Waals surface area contributed by atoms with Crippen LogP contribution in [0.1, 0.15) is 26.7 Å². The fourth-order valence-electron chi connectivity index (χ4n) is 5.78. The van der Waals surface area contributed by atoms with Crippen LogP contribution < -0.4 is 0 Å². The Kier molecular flexibility index (Phi) is 6.14. The molecule has 0 aromatic heterocycles. The van der Waals surface area contributed by atoms with E-state index >= 15 is 0 Å². The van der Waals surface area contributed by atoms with E-state index in [1.807, 2.05) is 0 Å². The largest absolute Gasteiger partial charge is 0.473 e. The van der Waals surface area contributed by atoms with E-state index in [0.29, 0.717) is 11.1 Å². The highest BCUT2D eigenvalue weighted by atomic mass is 32.2. The molecule has 0 aliphatic carbocycles. The molecule has 5 heterocycles. The van der Waals surface area contributed by atoms with Crippen molar-refractivity contribution in [3.8, 4) is 0 Å². The van der Waals surface area contributed by atoms with Crippen molar-refractivity contribution in [1.82, 2.24) is 9.80 Å². The number of rotatable bonds is 4. The number of hydrogen-bond acceptors (Lipinski definition) is 10. The van der Waals surface area contributed by atoms with Gasteiger partial charge in [0, 0.05) is 26.7 Å². The van der Waals surface area contributed by atoms with Gasteiger partial charge in [-0.2, -0.15) is 0 Å². The zero-order chi connectivity index (χ0) is 25.8. The first-order valence-corrected chi connectivity index (χ1v) is 13.8. The van der Waals surface area contributed by atoms with Crippen LogP contribution in [0.5, 0.6) is 0 Å². The second-order valence-electron chi connectivity index (χ2n) is 9.03. The SMILES string of the molecule is CS[C@]12CC3=COC=C[C@@H](OC(C)=O)[C@@H]3N1C(=O)[C@@]1(SC)CC3=COC=C[C@@H](OC(C)=O)[C@@H]3N1C2=O. The van der Waals surface area contributed by atoms with Gasteiger partial charge in [0.25, 0.3) is 11.8 Å². The third-order valence-corrected chi connectivity index (χ3v) is 9.50. The van der Waals surface area contributed by atoms with E-state index in [1.165, 1.54) is 62.4 Å². The van der Waals surface area contributed by atoms with Crippen molar-refractivity contribution in [3.63, 3.8) is 0 Å². The molecule has 0 aromatic carbocycles. The van der Waals surface area contributed by atoms with E-state index in [9.17, 15) is 19.2 Å². The van der Waals surface area contributed by atoms with Crippen LogP contribution in [0.4, 0.5) is 0 Å². The topological polar surface area (TPSA) is 112 Å². The minimum atomic E-state index is -1.30. The zero-order valence-electron chi connectivity index (χ0n) is 20.2. The Morgan fingerprint density at radius 1 is 0.833 bits per heavy atom. The lowest BCUT2D eigenvalue weighted by Crippen LogP contribution is -2.74. The highest BCUT2D eigenvalue weighted by Gasteiger charge is 2.73. The van der Waals surface area contributed by atoms with Crippen molar-refractivity contribution in [2.75, 3.05) is 12.5 Å². The van der Waals surface area contributed by atoms with Gasteiger partial charge in [-0.15, -0.1) is 23.5 Å². The molecule has 0 aromatic rings. The van der Waals surface area contributed by atoms with Crippen LogP contribution in [0.15, 0.2) is 48.3 Å². The third-order valence-electron chi connectivity index (χ3n) is 7.12. The molecular formula is C24H26N2O8S2. The first-order valence-electron chi connectivity index (χ1n) is 11.3. The quantitative estimate of drug-likeness (QED) is 0.497. The molecule has 0 spiro atoms. The first-order chi connectivity index (χ1) is 17.2. The highest BCUT2D eigenvalue weighted by Crippen LogP contribution is 2.59. The maximum Gasteiger partial charge on any atom is 0.303 e. The van der Waals surface area contributed by atoms with Gasteiger partial charge in [0.15, 0.2) is 9.74 Å². The summed E-state index contributed by atoms with van der Waals surface area (Å²) in [5, 5.41) is 0. The number of hydrogen-bond donors (Lipinski definition) is 0. The first kappa shape index (κ1) is 24.8. The summed E-state index contributed by atoms with van der Waals surface area (Å²) in [5.41, 5.74) is 1.35. The average molecular weight is 535 g/mol. The number of ether oxygens (including phenoxy) is 4. The van der Waals surface area contributed by atoms with Crippen molar-refractivity contribution >= 4 is 47.3 Å². The molecule has 0 unspecified atom stereocenters. The van der Waals surface area contributed by atoms with Gasteiger partial charge in [0.05, 0.1) is 37.1 Å². The number of piperazine rings is 1. The molecule has 5 aliphatic heterocycles. The van der Waals surface area contributed by atoms with E-state index in [2.05, 4.69) is 0 Å². The number of nitrogens with zero attached hydrogens (tertiary/aromatic N) is 2. The summed E-state index contributed by atoms with van der Waals surface area (Å²) >= 11 is 2.51. The molecular weight excluding hydrogens is 508 g/mol. The molecule has 0 N–H and O–H groups in total. The van der Waals surface area contributed by atoms with Gasteiger partial charge in [-0.1, -0.05) is 0 Å². The van der Waals surface area contributed by atoms with Crippen molar-refractivity contribution in [2.24, 2.45) is 0 Å². The predicted molar refractivity (Wildman–Crippen MR) is 131 cm³/mol. The van der Waals surface area contributed by atoms with Crippen molar-refractivity contribution in [1.29, 1.82) is 0 Å². The lowest BCUT2D eigenvalue weighted by molar-refractivity contribution is -0.171. The smallest absolute Gasteiger partial charge is 0.303 e. The molecule has 0 bridgehead atoms. The summed E-state index contributed by atoms with van der Waals surface area (Å²) in [5.74, 6) is -1.59. The molecule has 3 fully saturated rings. The molecule has 10 nitrogen and oxygen atoms in total. The van der Waals surface area contributed by atoms with Crippen LogP contribution >= 0.6 is 23.5 Å². The van der Waals surface area contributed by atoms with E-state index in [4.69, 9.17) is 18.9 Å². The second-order valence-corrected chi connectivity index (χ2v) is 11.2. The van der Waals surface area contributed by atoms with E-state index in [1.54, 1.807) is 34.5 Å². The fourth-order valence-corrected chi connectivity index (χ4v) is 7.74. The van der Waals surface area contributed by atoms with Crippen LogP contribution in [0.3, 0.4) is 0 Å². The molecule has 36 heavy (non-hydrogen) atoms. The minimum absolute atomic E-state index is 0.195. The van der Waals surface area contributed by atoms with Crippen molar-refractivity contribution < 1.29 is 38.1 Å². The minimum Gasteiger partial charge on any atom is -0.473 e. The maximum absolute atomic E-state index is 14.6. The number of carbonyl (C=O) groups excluding carboxylic acids is 4. The molecule has 0 radical (unpaired) electrons. The summed E-state index contributed by atoms with van der Waals surface area (Å²) in [6.07, 6.45) is 11.3. The number of esters is 2. The van der Waals surface area contributed by atoms with Gasteiger partial charge in [-0.05, 0) is 35.8 Å². The standard InChI is InChI=1S/C24H26N2O8S2/c1-13(27)33-17-5-7-31-11-15-9-23(35-3)22(30)26-20-16(12-32-8-6-18(20)34-14(2)28)10-24(26,36-4)21(29)25(23)19(15)17/h5-8,11-12,17-20H,9-10H2,1-4H3/t17-,18-,19-,20-,23+,24+/m1/s1. The fraction of sp³-hybridized carbons (Fsp3) is 0.500. The van der Waals surface area contributed by atoms with Crippen LogP contribution in [-0.2, 0) is 38.1 Å². The molecule has 5 rings (SSSR count). The van der Waals surface area contributed by atoms with E-state index < -0.39 is 46.0 Å². The Labute approximate surface area is 216 Å². The van der Waals surface area contributed by atoms with Crippen molar-refractivity contribution in [2.45, 2.75) is 60.7 Å².